The molecule has 99 heavy (non-hydrogen) atoms. The van der Waals surface area contributed by atoms with E-state index in [1.807, 2.05) is 25.7 Å². The number of hydrogen-bond acceptors (Lipinski definition) is 11. The highest BCUT2D eigenvalue weighted by atomic mass is 127. The molecule has 0 aromatic carbocycles. The fraction of sp³-hybridized carbons (Fsp3) is 0.821. The molecule has 4 heterocycles. The Kier molecular flexibility index (Phi) is 45.5. The first-order valence-electron chi connectivity index (χ1n) is 38.2. The maximum absolute atomic E-state index is 9.70. The summed E-state index contributed by atoms with van der Waals surface area (Å²) in [5, 5.41) is 18.0. The van der Waals surface area contributed by atoms with Crippen LogP contribution in [0, 0.1) is 172 Å². The number of halogens is 1. The lowest BCUT2D eigenvalue weighted by Gasteiger charge is -2.39. The summed E-state index contributed by atoms with van der Waals surface area (Å²) >= 11 is 2.15. The molecule has 11 nitrogen and oxygen atoms in total. The van der Waals surface area contributed by atoms with Crippen molar-refractivity contribution in [3.63, 3.8) is 0 Å². The fourth-order valence-electron chi connectivity index (χ4n) is 14.0. The number of aliphatic hydroxyl groups excluding tert-OH is 2. The number of ether oxygens (including phenoxy) is 8. The second-order valence-electron chi connectivity index (χ2n) is 33.7. The number of terminal acetylenes is 2. The van der Waals surface area contributed by atoms with Gasteiger partial charge in [0.2, 0.25) is 23.7 Å². The van der Waals surface area contributed by atoms with E-state index in [1.54, 1.807) is 13.8 Å². The van der Waals surface area contributed by atoms with Crippen LogP contribution in [0.2, 0.25) is 58.9 Å². The number of aliphatic hydroxyl groups is 2. The molecule has 9 rings (SSSR count). The van der Waals surface area contributed by atoms with Gasteiger partial charge in [0.1, 0.15) is 24.2 Å². The molecule has 9 fully saturated rings. The first kappa shape index (κ1) is 92.7. The monoisotopic (exact) mass is 1540 g/mol. The van der Waals surface area contributed by atoms with Crippen molar-refractivity contribution in [3.05, 3.63) is 0 Å². The van der Waals surface area contributed by atoms with Crippen LogP contribution in [-0.4, -0.2) is 135 Å². The Morgan fingerprint density at radius 3 is 1.00 bits per heavy atom. The molecule has 0 radical (unpaired) electrons. The lowest BCUT2D eigenvalue weighted by Crippen LogP contribution is -2.44. The molecule has 0 atom stereocenters. The molecular weight excluding hydrogens is 1400 g/mol. The van der Waals surface area contributed by atoms with Gasteiger partial charge in [-0.1, -0.05) is 186 Å². The lowest BCUT2D eigenvalue weighted by atomic mass is 9.76. The predicted molar refractivity (Wildman–Crippen MR) is 428 cm³/mol. The first-order chi connectivity index (χ1) is 46.7. The number of hydrogen-bond donors (Lipinski definition) is 2. The van der Waals surface area contributed by atoms with Gasteiger partial charge in [0.15, 0.2) is 6.29 Å². The van der Waals surface area contributed by atoms with Crippen LogP contribution in [-0.2, 0) is 42.7 Å². The predicted octanol–water partition coefficient (Wildman–Crippen LogP) is 18.0. The minimum Gasteiger partial charge on any atom is -0.396 e. The van der Waals surface area contributed by atoms with Crippen LogP contribution in [0.3, 0.4) is 0 Å². The molecule has 9 aliphatic rings. The molecule has 4 saturated heterocycles. The SMILES string of the molecule is C#CC.C#CC1(C)OCC(C2CCC(C)CC2)CO1.CC#CC#CC1(C)OCC(C2CCC(C)CC2)CO1.CC1CCC(C(CO)CO)CC1.CC1CCC(C2COC(C#C[Si](C)(C)C)OC2)CC1.CC1CCC(C2COC(C)(C#C[Si](C)(C)C)OC2)CC1.CI.C[Si](C)(C)C#CC=O. The highest BCUT2D eigenvalue weighted by Gasteiger charge is 2.40. The molecule has 15 heteroatoms. The fourth-order valence-corrected chi connectivity index (χ4v) is 15.6. The first-order valence-corrected chi connectivity index (χ1v) is 50.9. The summed E-state index contributed by atoms with van der Waals surface area (Å²) in [4.78, 5) is 11.7. The van der Waals surface area contributed by atoms with E-state index in [2.05, 4.69) is 192 Å². The molecule has 0 spiro atoms. The average Bonchev–Trinajstić information content (AvgIpc) is 0.855. The van der Waals surface area contributed by atoms with Gasteiger partial charge in [0.05, 0.1) is 52.9 Å². The van der Waals surface area contributed by atoms with Crippen molar-refractivity contribution in [2.45, 2.75) is 280 Å². The maximum atomic E-state index is 9.70. The highest BCUT2D eigenvalue weighted by Crippen LogP contribution is 2.40. The van der Waals surface area contributed by atoms with Gasteiger partial charge in [-0.2, -0.15) is 0 Å². The quantitative estimate of drug-likeness (QED) is 0.0830. The van der Waals surface area contributed by atoms with Crippen LogP contribution < -0.4 is 0 Å². The number of carbonyl (C=O) groups is 1. The zero-order valence-corrected chi connectivity index (χ0v) is 71.3. The molecule has 0 aromatic heterocycles. The highest BCUT2D eigenvalue weighted by molar-refractivity contribution is 14.1. The molecule has 5 saturated carbocycles. The van der Waals surface area contributed by atoms with E-state index >= 15 is 0 Å². The van der Waals surface area contributed by atoms with Crippen molar-refractivity contribution in [2.24, 2.45) is 88.8 Å². The summed E-state index contributed by atoms with van der Waals surface area (Å²) in [6, 6.07) is 0. The normalized spacial score (nSPS) is 34.2. The van der Waals surface area contributed by atoms with E-state index in [9.17, 15) is 4.79 Å². The molecule has 0 aromatic rings. The van der Waals surface area contributed by atoms with Crippen LogP contribution in [0.15, 0.2) is 0 Å². The van der Waals surface area contributed by atoms with Crippen molar-refractivity contribution in [2.75, 3.05) is 71.0 Å². The molecule has 4 aliphatic heterocycles. The van der Waals surface area contributed by atoms with Gasteiger partial charge < -0.3 is 48.1 Å². The van der Waals surface area contributed by atoms with Crippen LogP contribution >= 0.6 is 22.6 Å². The van der Waals surface area contributed by atoms with Gasteiger partial charge in [-0.3, -0.25) is 4.79 Å². The van der Waals surface area contributed by atoms with Gasteiger partial charge >= 0.3 is 0 Å². The van der Waals surface area contributed by atoms with Crippen molar-refractivity contribution >= 4 is 53.1 Å². The smallest absolute Gasteiger partial charge is 0.231 e. The Bertz CT molecular complexity index is 2610. The zero-order chi connectivity index (χ0) is 74.3. The molecule has 2 N–H and O–H groups in total. The average molecular weight is 1540 g/mol. The van der Waals surface area contributed by atoms with Gasteiger partial charge in [-0.15, -0.1) is 35.4 Å². The summed E-state index contributed by atoms with van der Waals surface area (Å²) in [6.07, 6.45) is 36.8. The third-order valence-electron chi connectivity index (χ3n) is 20.9. The Morgan fingerprint density at radius 2 is 0.727 bits per heavy atom. The Labute approximate surface area is 624 Å². The minimum absolute atomic E-state index is 0.137. The van der Waals surface area contributed by atoms with E-state index < -0.39 is 41.6 Å². The van der Waals surface area contributed by atoms with Crippen LogP contribution in [0.25, 0.3) is 0 Å². The topological polar surface area (TPSA) is 131 Å². The van der Waals surface area contributed by atoms with Gasteiger partial charge in [0.25, 0.3) is 0 Å². The van der Waals surface area contributed by atoms with E-state index in [0.29, 0.717) is 35.9 Å². The van der Waals surface area contributed by atoms with Crippen molar-refractivity contribution in [1.82, 2.24) is 0 Å². The van der Waals surface area contributed by atoms with Crippen molar-refractivity contribution in [1.29, 1.82) is 0 Å². The second kappa shape index (κ2) is 48.6. The Balaban J connectivity index is 0.000000406. The summed E-state index contributed by atoms with van der Waals surface area (Å²) in [7, 11) is -3.96. The molecular formula is C84H141IO11Si3. The van der Waals surface area contributed by atoms with E-state index in [1.165, 1.54) is 128 Å². The Hall–Kier alpha value is -2.43. The summed E-state index contributed by atoms with van der Waals surface area (Å²) in [5.41, 5.74) is 9.59. The lowest BCUT2D eigenvalue weighted by molar-refractivity contribution is -0.246. The minimum atomic E-state index is -1.37. The molecule has 0 bridgehead atoms. The maximum Gasteiger partial charge on any atom is 0.231 e. The molecule has 0 amide bonds. The van der Waals surface area contributed by atoms with Crippen molar-refractivity contribution < 1.29 is 52.9 Å². The van der Waals surface area contributed by atoms with Crippen molar-refractivity contribution in [3.8, 4) is 82.8 Å². The molecule has 5 aliphatic carbocycles. The zero-order valence-electron chi connectivity index (χ0n) is 66.1. The van der Waals surface area contributed by atoms with Gasteiger partial charge in [0, 0.05) is 63.6 Å². The van der Waals surface area contributed by atoms with E-state index in [4.69, 9.17) is 54.5 Å². The third-order valence-corrected chi connectivity index (χ3v) is 23.6. The summed E-state index contributed by atoms with van der Waals surface area (Å²) < 4.78 is 46.5. The summed E-state index contributed by atoms with van der Waals surface area (Å²) in [6.45, 7) is 47.3. The van der Waals surface area contributed by atoms with E-state index in [0.717, 1.165) is 106 Å². The number of carbonyl (C=O) groups excluding carboxylic acids is 1. The van der Waals surface area contributed by atoms with Gasteiger partial charge in [-0.05, 0) is 184 Å². The number of rotatable bonds is 7. The third kappa shape index (κ3) is 40.0. The van der Waals surface area contributed by atoms with Crippen LogP contribution in [0.4, 0.5) is 0 Å². The second-order valence-corrected chi connectivity index (χ2v) is 47.9. The molecule has 0 unspecified atom stereocenters. The van der Waals surface area contributed by atoms with E-state index in [-0.39, 0.29) is 25.4 Å². The standard InChI is InChI=1S/C17H30O2Si.C17H24O2.C16H28O2Si.C14H22O2.C10H20O2.C6H10OSi.C3H4.CH3I/c1-14-6-8-15(9-7-14)16-12-18-17(2,19-13-16)10-11-20(3,4)5;1-4-5-6-11-17(3)18-12-16(13-19-17)15-9-7-14(2)8-10-15;1-13-5-7-14(8-6-13)15-11-17-16(18-12-15)9-10-19(2,3)4;1-4-14(3)15-9-13(10-16-14)12-7-5-11(2)6-8-12;1-8-2-4-9(5-3-8)10(6-11)7-12;1-8(2,3)6-4-5-7;1-3-2;1-2/h14-16H,6-9,12-13H2,1-5H3;14-16H,7-10,12-13H2,1-3H3;13-16H,5-8,11-12H2,1-4H3;1,11-13H,5-10H2,2-3H3;8-12H,2-7H2,1H3;5H,1-3H3;1H,2H3;1H3. The van der Waals surface area contributed by atoms with Gasteiger partial charge in [-0.25, -0.2) is 0 Å². The largest absolute Gasteiger partial charge is 0.396 e. The van der Waals surface area contributed by atoms with Crippen LogP contribution in [0.5, 0.6) is 0 Å². The molecule has 562 valence electrons. The van der Waals surface area contributed by atoms with Crippen LogP contribution in [0.1, 0.15) is 198 Å². The summed E-state index contributed by atoms with van der Waals surface area (Å²) in [5.74, 6) is 33.2. The number of alkyl halides is 1. The Morgan fingerprint density at radius 1 is 0.434 bits per heavy atom. The number of aldehydes is 1.